The van der Waals surface area contributed by atoms with Crippen LogP contribution in [-0.4, -0.2) is 53.5 Å². The predicted octanol–water partition coefficient (Wildman–Crippen LogP) is 6.36. The number of aliphatic hydroxyl groups is 1. The van der Waals surface area contributed by atoms with Crippen LogP contribution in [0, 0.1) is 17.8 Å². The first-order valence-electron chi connectivity index (χ1n) is 24.6. The topological polar surface area (TPSA) is 189 Å². The summed E-state index contributed by atoms with van der Waals surface area (Å²) >= 11 is 0. The van der Waals surface area contributed by atoms with Crippen molar-refractivity contribution in [3.8, 4) is 0 Å². The molecular weight excluding hydrogens is 900 g/mol. The van der Waals surface area contributed by atoms with E-state index >= 15 is 0 Å². The van der Waals surface area contributed by atoms with Crippen molar-refractivity contribution < 1.29 is 116 Å². The van der Waals surface area contributed by atoms with Crippen LogP contribution in [0.1, 0.15) is 215 Å². The summed E-state index contributed by atoms with van der Waals surface area (Å²) in [4.78, 5) is 58.1. The van der Waals surface area contributed by atoms with Crippen molar-refractivity contribution in [2.75, 3.05) is 19.8 Å². The second-order valence-corrected chi connectivity index (χ2v) is 22.8. The van der Waals surface area contributed by atoms with Crippen LogP contribution in [-0.2, 0) is 41.6 Å². The van der Waals surface area contributed by atoms with Gasteiger partial charge < -0.3 is 24.0 Å². The zero-order valence-corrected chi connectivity index (χ0v) is 48.7. The van der Waals surface area contributed by atoms with Gasteiger partial charge in [-0.25, -0.2) is 4.57 Å². The molecule has 0 bridgehead atoms. The maximum Gasteiger partial charge on any atom is 1.00 e. The summed E-state index contributed by atoms with van der Waals surface area (Å²) in [7, 11) is -8.84. The molecule has 66 heavy (non-hydrogen) atoms. The summed E-state index contributed by atoms with van der Waals surface area (Å²) in [5, 5.41) is 9.22. The number of hydrogen-bond acceptors (Lipinski definition) is 12. The number of rotatable bonds is 9. The number of Topliss-reactive ketones (excluding diaryl/α,β-unsaturated/α-hetero) is 3. The molecule has 0 saturated heterocycles. The normalized spacial score (nSPS) is 22.8. The molecule has 3 unspecified atom stereocenters. The van der Waals surface area contributed by atoms with Gasteiger partial charge in [0.05, 0.1) is 38.8 Å². The first-order valence-corrected chi connectivity index (χ1v) is 27.5. The molecule has 0 aliphatic heterocycles. The number of allylic oxidation sites excluding steroid dienone is 3. The Labute approximate surface area is 445 Å². The molecule has 1 N–H and O–H groups in total. The molecule has 3 fully saturated rings. The van der Waals surface area contributed by atoms with E-state index < -0.39 is 32.8 Å². The quantitative estimate of drug-likeness (QED) is 0.153. The molecule has 372 valence electrons. The van der Waals surface area contributed by atoms with E-state index in [0.717, 1.165) is 95.5 Å². The van der Waals surface area contributed by atoms with Gasteiger partial charge >= 0.3 is 66.9 Å². The first-order chi connectivity index (χ1) is 30.0. The fraction of sp³-hybridized carbons (Fsp3) is 0.820. The summed E-state index contributed by atoms with van der Waals surface area (Å²) in [5.41, 5.74) is 0.504. The van der Waals surface area contributed by atoms with Gasteiger partial charge in [-0.05, 0) is 116 Å². The van der Waals surface area contributed by atoms with Crippen molar-refractivity contribution in [2.45, 2.75) is 226 Å². The summed E-state index contributed by atoms with van der Waals surface area (Å²) < 4.78 is 45.2. The van der Waals surface area contributed by atoms with Gasteiger partial charge in [-0.2, -0.15) is 0 Å². The standard InChI is InChI=1S/C22H41O5P.C14H25O5P.C14H24O2.2Na/c1-18-15-13-11-9-8-10-12-14-16-19(20(18)23)17-25-28(24,26-21(2,3)4)27-22(5,6)7;1-12-9-7-5-3-2-4-6-8-10-13(14(12)15)11-19-20(16,17)18;1-12-9-7-5-3-2-4-6-8-10-13(11-15)14(12)16;;/h19H,1,8-17H2,2-7H3;13H,1-11H2,(H2,16,17,18);13,15H,1-11H2;;/q;;;2*+1/p-2. The predicted molar refractivity (Wildman–Crippen MR) is 253 cm³/mol. The van der Waals surface area contributed by atoms with Gasteiger partial charge in [0.2, 0.25) is 0 Å². The molecule has 16 heteroatoms. The van der Waals surface area contributed by atoms with Crippen molar-refractivity contribution in [3.63, 3.8) is 0 Å². The molecule has 0 aromatic heterocycles. The van der Waals surface area contributed by atoms with E-state index in [9.17, 15) is 38.4 Å². The van der Waals surface area contributed by atoms with E-state index in [0.29, 0.717) is 30.4 Å². The fourth-order valence-corrected chi connectivity index (χ4v) is 10.3. The number of phosphoric acid groups is 2. The van der Waals surface area contributed by atoms with Crippen LogP contribution in [0.5, 0.6) is 0 Å². The molecule has 3 aliphatic rings. The average molecular weight is 989 g/mol. The Morgan fingerprint density at radius 3 is 1.03 bits per heavy atom. The van der Waals surface area contributed by atoms with Crippen molar-refractivity contribution in [1.82, 2.24) is 0 Å². The zero-order chi connectivity index (χ0) is 48.2. The van der Waals surface area contributed by atoms with Crippen LogP contribution in [0.3, 0.4) is 0 Å². The average Bonchev–Trinajstić information content (AvgIpc) is 3.18. The minimum atomic E-state index is -5.02. The Morgan fingerprint density at radius 2 is 0.742 bits per heavy atom. The second-order valence-electron chi connectivity index (χ2n) is 20.1. The van der Waals surface area contributed by atoms with Crippen molar-refractivity contribution in [3.05, 3.63) is 36.5 Å². The second kappa shape index (κ2) is 37.2. The molecule has 3 aliphatic carbocycles. The van der Waals surface area contributed by atoms with E-state index in [2.05, 4.69) is 24.3 Å². The van der Waals surface area contributed by atoms with Gasteiger partial charge in [0.1, 0.15) is 0 Å². The van der Waals surface area contributed by atoms with Crippen molar-refractivity contribution in [2.24, 2.45) is 17.8 Å². The molecule has 12 nitrogen and oxygen atoms in total. The van der Waals surface area contributed by atoms with Gasteiger partial charge in [0, 0.05) is 17.8 Å². The molecule has 3 rings (SSSR count). The van der Waals surface area contributed by atoms with Crippen LogP contribution >= 0.6 is 15.6 Å². The molecule has 0 radical (unpaired) electrons. The number of ketones is 3. The monoisotopic (exact) mass is 989 g/mol. The van der Waals surface area contributed by atoms with E-state index in [1.165, 1.54) is 64.2 Å². The van der Waals surface area contributed by atoms with E-state index in [-0.39, 0.29) is 108 Å². The molecule has 0 amide bonds. The van der Waals surface area contributed by atoms with Gasteiger partial charge in [-0.3, -0.25) is 28.0 Å². The van der Waals surface area contributed by atoms with E-state index in [1.807, 2.05) is 0 Å². The van der Waals surface area contributed by atoms with E-state index in [1.54, 1.807) is 41.5 Å². The SMILES string of the molecule is C=C1CCCCCCCCCC(CO)C1=O.C=C1CCCCCCCCCC(COP(=O)(OC(C)(C)C)OC(C)(C)C)C1=O.C=C1CCCCCCCCCC(COP(=O)([O-])[O-])C1=O.[Na+].[Na+]. The van der Waals surface area contributed by atoms with Gasteiger partial charge in [-0.15, -0.1) is 0 Å². The number of phosphoric ester groups is 2. The summed E-state index contributed by atoms with van der Waals surface area (Å²) in [6.07, 6.45) is 27.9. The molecule has 0 spiro atoms. The maximum atomic E-state index is 13.3. The Balaban J connectivity index is 0. The fourth-order valence-electron chi connectivity index (χ4n) is 8.06. The maximum absolute atomic E-state index is 13.3. The summed E-state index contributed by atoms with van der Waals surface area (Å²) in [6, 6.07) is 0. The molecular formula is C50H88Na2O12P2. The number of carbonyl (C=O) groups excluding carboxylic acids is 3. The number of aliphatic hydroxyl groups excluding tert-OH is 1. The van der Waals surface area contributed by atoms with Gasteiger partial charge in [-0.1, -0.05) is 135 Å². The van der Waals surface area contributed by atoms with Crippen LogP contribution in [0.15, 0.2) is 36.5 Å². The molecule has 3 atom stereocenters. The number of carbonyl (C=O) groups is 3. The van der Waals surface area contributed by atoms with Crippen molar-refractivity contribution in [1.29, 1.82) is 0 Å². The van der Waals surface area contributed by atoms with Crippen LogP contribution < -0.4 is 68.9 Å². The Kier molecular flexibility index (Phi) is 38.6. The molecule has 0 heterocycles. The van der Waals surface area contributed by atoms with Crippen LogP contribution in [0.25, 0.3) is 0 Å². The van der Waals surface area contributed by atoms with Gasteiger partial charge in [0.25, 0.3) is 0 Å². The zero-order valence-electron chi connectivity index (χ0n) is 42.9. The summed E-state index contributed by atoms with van der Waals surface area (Å²) in [6.45, 7) is 22.1. The molecule has 0 aromatic carbocycles. The first kappa shape index (κ1) is 68.5. The van der Waals surface area contributed by atoms with Crippen LogP contribution in [0.2, 0.25) is 0 Å². The van der Waals surface area contributed by atoms with E-state index in [4.69, 9.17) is 13.6 Å². The Morgan fingerprint density at radius 1 is 0.485 bits per heavy atom. The Hall–Kier alpha value is 0.410. The van der Waals surface area contributed by atoms with Gasteiger partial charge in [0.15, 0.2) is 17.3 Å². The third-order valence-corrected chi connectivity index (χ3v) is 14.1. The minimum Gasteiger partial charge on any atom is -0.790 e. The summed E-state index contributed by atoms with van der Waals surface area (Å²) in [5.74, 6) is -1.13. The van der Waals surface area contributed by atoms with Crippen molar-refractivity contribution >= 4 is 33.0 Å². The smallest absolute Gasteiger partial charge is 0.790 e. The number of hydrogen-bond donors (Lipinski definition) is 1. The Bertz CT molecular complexity index is 1500. The van der Waals surface area contributed by atoms with Crippen LogP contribution in [0.4, 0.5) is 0 Å². The third kappa shape index (κ3) is 34.7. The largest absolute Gasteiger partial charge is 1.00 e. The third-order valence-electron chi connectivity index (χ3n) is 11.6. The molecule has 3 saturated carbocycles. The molecule has 0 aromatic rings. The minimum absolute atomic E-state index is 0.